The molecule has 8 heteroatoms. The van der Waals surface area contributed by atoms with Crippen LogP contribution in [0.4, 0.5) is 0 Å². The van der Waals surface area contributed by atoms with Crippen LogP contribution >= 0.6 is 0 Å². The van der Waals surface area contributed by atoms with Crippen LogP contribution in [0.15, 0.2) is 71.9 Å². The van der Waals surface area contributed by atoms with Crippen molar-refractivity contribution in [2.45, 2.75) is 75.5 Å². The Labute approximate surface area is 209 Å². The number of aliphatic hydroxyl groups is 1. The van der Waals surface area contributed by atoms with Gasteiger partial charge in [0, 0.05) is 29.8 Å². The van der Waals surface area contributed by atoms with Crippen molar-refractivity contribution < 1.29 is 13.5 Å². The number of H-pyrrole nitrogens is 1. The van der Waals surface area contributed by atoms with Gasteiger partial charge < -0.3 is 15.4 Å². The van der Waals surface area contributed by atoms with Crippen LogP contribution in [0.3, 0.4) is 0 Å². The van der Waals surface area contributed by atoms with Gasteiger partial charge in [-0.15, -0.1) is 0 Å². The Hall–Kier alpha value is -2.52. The number of nitrogens with one attached hydrogen (secondary N) is 3. The molecule has 0 spiro atoms. The van der Waals surface area contributed by atoms with E-state index in [1.54, 1.807) is 24.4 Å². The zero-order chi connectivity index (χ0) is 25.5. The molecule has 0 saturated heterocycles. The predicted molar refractivity (Wildman–Crippen MR) is 139 cm³/mol. The van der Waals surface area contributed by atoms with E-state index in [1.807, 2.05) is 32.2 Å². The molecule has 0 radical (unpaired) electrons. The van der Waals surface area contributed by atoms with E-state index in [0.717, 1.165) is 36.3 Å². The molecular formula is C27H38N4O3S. The summed E-state index contributed by atoms with van der Waals surface area (Å²) in [4.78, 5) is 7.53. The van der Waals surface area contributed by atoms with Gasteiger partial charge in [-0.3, -0.25) is 0 Å². The number of nitrogens with zero attached hydrogens (tertiary/aromatic N) is 1. The minimum atomic E-state index is -3.85. The van der Waals surface area contributed by atoms with Gasteiger partial charge in [-0.25, -0.2) is 13.4 Å². The quantitative estimate of drug-likeness (QED) is 0.208. The van der Waals surface area contributed by atoms with Gasteiger partial charge in [-0.05, 0) is 62.9 Å². The van der Waals surface area contributed by atoms with Gasteiger partial charge in [0.15, 0.2) is 0 Å². The van der Waals surface area contributed by atoms with Crippen molar-refractivity contribution in [1.82, 2.24) is 20.0 Å². The first-order valence-electron chi connectivity index (χ1n) is 12.2. The lowest BCUT2D eigenvalue weighted by Gasteiger charge is -2.38. The molecule has 0 bridgehead atoms. The van der Waals surface area contributed by atoms with Crippen LogP contribution in [0.2, 0.25) is 0 Å². The summed E-state index contributed by atoms with van der Waals surface area (Å²) in [6.45, 7) is 9.09. The fraction of sp³-hybridized carbons (Fsp3) is 0.444. The molecule has 35 heavy (non-hydrogen) atoms. The van der Waals surface area contributed by atoms with Crippen molar-refractivity contribution in [1.29, 1.82) is 0 Å². The Kier molecular flexibility index (Phi) is 8.88. The number of sulfonamides is 1. The number of aliphatic hydroxyl groups excluding tert-OH is 1. The zero-order valence-electron chi connectivity index (χ0n) is 21.1. The molecule has 4 N–H and O–H groups in total. The Morgan fingerprint density at radius 1 is 1.00 bits per heavy atom. The maximum Gasteiger partial charge on any atom is 0.242 e. The van der Waals surface area contributed by atoms with Crippen LogP contribution in [0, 0.1) is 0 Å². The van der Waals surface area contributed by atoms with E-state index >= 15 is 0 Å². The normalized spacial score (nSPS) is 13.6. The SMILES string of the molecule is CCC(CC)(c1ccc(C(C)(C)NCCCc2ncc[nH]2)cc1)C(O)NS(=O)(=O)c1ccccc1. The van der Waals surface area contributed by atoms with Gasteiger partial charge in [0.05, 0.1) is 4.90 Å². The number of aromatic nitrogens is 2. The van der Waals surface area contributed by atoms with Gasteiger partial charge >= 0.3 is 0 Å². The van der Waals surface area contributed by atoms with Crippen molar-refractivity contribution in [3.8, 4) is 0 Å². The molecule has 3 aromatic rings. The maximum atomic E-state index is 12.9. The molecule has 1 aromatic heterocycles. The Morgan fingerprint density at radius 3 is 2.20 bits per heavy atom. The smallest absolute Gasteiger partial charge is 0.242 e. The first-order valence-corrected chi connectivity index (χ1v) is 13.7. The van der Waals surface area contributed by atoms with Crippen molar-refractivity contribution in [2.75, 3.05) is 6.54 Å². The fourth-order valence-corrected chi connectivity index (χ4v) is 5.71. The highest BCUT2D eigenvalue weighted by Crippen LogP contribution is 2.36. The number of aromatic amines is 1. The third-order valence-electron chi connectivity index (χ3n) is 7.00. The van der Waals surface area contributed by atoms with Crippen LogP contribution in [0.5, 0.6) is 0 Å². The van der Waals surface area contributed by atoms with Crippen molar-refractivity contribution >= 4 is 10.0 Å². The number of rotatable bonds is 13. The Bertz CT molecular complexity index is 1140. The summed E-state index contributed by atoms with van der Waals surface area (Å²) >= 11 is 0. The van der Waals surface area contributed by atoms with Crippen LogP contribution < -0.4 is 10.0 Å². The van der Waals surface area contributed by atoms with Gasteiger partial charge in [-0.1, -0.05) is 56.3 Å². The minimum absolute atomic E-state index is 0.135. The van der Waals surface area contributed by atoms with E-state index in [0.29, 0.717) is 12.8 Å². The first-order chi connectivity index (χ1) is 16.6. The summed E-state index contributed by atoms with van der Waals surface area (Å²) in [5.41, 5.74) is 1.04. The third-order valence-corrected chi connectivity index (χ3v) is 8.43. The monoisotopic (exact) mass is 498 g/mol. The number of imidazole rings is 1. The van der Waals surface area contributed by atoms with Crippen molar-refractivity contribution in [3.63, 3.8) is 0 Å². The van der Waals surface area contributed by atoms with E-state index in [2.05, 4.69) is 46.0 Å². The average Bonchev–Trinajstić information content (AvgIpc) is 3.37. The van der Waals surface area contributed by atoms with Crippen molar-refractivity contribution in [2.24, 2.45) is 0 Å². The van der Waals surface area contributed by atoms with Gasteiger partial charge in [0.2, 0.25) is 10.0 Å². The summed E-state index contributed by atoms with van der Waals surface area (Å²) in [5.74, 6) is 0.992. The fourth-order valence-electron chi connectivity index (χ4n) is 4.54. The summed E-state index contributed by atoms with van der Waals surface area (Å²) in [6.07, 6.45) is 5.36. The molecule has 0 aliphatic rings. The lowest BCUT2D eigenvalue weighted by atomic mass is 9.74. The van der Waals surface area contributed by atoms with E-state index in [1.165, 1.54) is 12.1 Å². The highest BCUT2D eigenvalue weighted by molar-refractivity contribution is 7.89. The largest absolute Gasteiger partial charge is 0.377 e. The molecule has 0 amide bonds. The molecule has 2 aromatic carbocycles. The number of hydrogen-bond donors (Lipinski definition) is 4. The number of hydrogen-bond acceptors (Lipinski definition) is 5. The van der Waals surface area contributed by atoms with E-state index < -0.39 is 21.7 Å². The molecule has 1 heterocycles. The topological polar surface area (TPSA) is 107 Å². The van der Waals surface area contributed by atoms with Gasteiger partial charge in [0.1, 0.15) is 12.1 Å². The minimum Gasteiger partial charge on any atom is -0.377 e. The summed E-state index contributed by atoms with van der Waals surface area (Å²) in [6, 6.07) is 16.3. The second-order valence-electron chi connectivity index (χ2n) is 9.47. The second kappa shape index (κ2) is 11.5. The van der Waals surface area contributed by atoms with Gasteiger partial charge in [0.25, 0.3) is 0 Å². The van der Waals surface area contributed by atoms with Crippen LogP contribution in [-0.2, 0) is 27.4 Å². The van der Waals surface area contributed by atoms with E-state index in [9.17, 15) is 13.5 Å². The Morgan fingerprint density at radius 2 is 1.63 bits per heavy atom. The summed E-state index contributed by atoms with van der Waals surface area (Å²) < 4.78 is 28.2. The number of benzene rings is 2. The molecular weight excluding hydrogens is 460 g/mol. The van der Waals surface area contributed by atoms with E-state index in [-0.39, 0.29) is 10.4 Å². The highest BCUT2D eigenvalue weighted by atomic mass is 32.2. The molecule has 0 aliphatic heterocycles. The van der Waals surface area contributed by atoms with Crippen LogP contribution in [0.1, 0.15) is 63.9 Å². The molecule has 0 saturated carbocycles. The summed E-state index contributed by atoms with van der Waals surface area (Å²) in [7, 11) is -3.85. The van der Waals surface area contributed by atoms with Crippen LogP contribution in [-0.4, -0.2) is 36.3 Å². The first kappa shape index (κ1) is 27.1. The predicted octanol–water partition coefficient (Wildman–Crippen LogP) is 4.22. The molecule has 1 atom stereocenters. The zero-order valence-corrected chi connectivity index (χ0v) is 21.9. The third kappa shape index (κ3) is 6.38. The van der Waals surface area contributed by atoms with Crippen molar-refractivity contribution in [3.05, 3.63) is 83.9 Å². The lowest BCUT2D eigenvalue weighted by molar-refractivity contribution is 0.0636. The Balaban J connectivity index is 1.72. The molecule has 190 valence electrons. The maximum absolute atomic E-state index is 12.9. The highest BCUT2D eigenvalue weighted by Gasteiger charge is 2.39. The molecule has 3 rings (SSSR count). The second-order valence-corrected chi connectivity index (χ2v) is 11.2. The van der Waals surface area contributed by atoms with E-state index in [4.69, 9.17) is 0 Å². The standard InChI is InChI=1S/C27H38N4O3S/c1-5-27(6-2,25(32)31-35(33,34)23-11-8-7-9-12-23)22-16-14-21(15-17-22)26(3,4)30-18-10-13-24-28-19-20-29-24/h7-9,11-12,14-17,19-20,25,30-32H,5-6,10,13,18H2,1-4H3,(H,28,29). The molecule has 0 fully saturated rings. The molecule has 1 unspecified atom stereocenters. The number of aryl methyl sites for hydroxylation is 1. The molecule has 0 aliphatic carbocycles. The lowest BCUT2D eigenvalue weighted by Crippen LogP contribution is -2.50. The average molecular weight is 499 g/mol. The van der Waals surface area contributed by atoms with Gasteiger partial charge in [-0.2, -0.15) is 4.72 Å². The molecule has 7 nitrogen and oxygen atoms in total. The van der Waals surface area contributed by atoms with Crippen LogP contribution in [0.25, 0.3) is 0 Å². The summed E-state index contributed by atoms with van der Waals surface area (Å²) in [5, 5.41) is 14.8.